The summed E-state index contributed by atoms with van der Waals surface area (Å²) in [5, 5.41) is 7.58. The third-order valence-electron chi connectivity index (χ3n) is 6.86. The van der Waals surface area contributed by atoms with Gasteiger partial charge in [-0.15, -0.1) is 0 Å². The zero-order valence-electron chi connectivity index (χ0n) is 20.6. The van der Waals surface area contributed by atoms with Crippen LogP contribution in [0.2, 0.25) is 0 Å². The number of benzene rings is 2. The molecule has 196 valence electrons. The molecule has 0 saturated carbocycles. The van der Waals surface area contributed by atoms with Gasteiger partial charge >= 0.3 is 6.18 Å². The molecule has 2 aromatic carbocycles. The topological polar surface area (TPSA) is 79.7 Å². The van der Waals surface area contributed by atoms with Crippen molar-refractivity contribution in [1.82, 2.24) is 20.0 Å². The van der Waals surface area contributed by atoms with E-state index in [-0.39, 0.29) is 12.8 Å². The van der Waals surface area contributed by atoms with Crippen LogP contribution in [0.3, 0.4) is 0 Å². The molecule has 0 spiro atoms. The lowest BCUT2D eigenvalue weighted by molar-refractivity contribution is -0.138. The molecule has 37 heavy (non-hydrogen) atoms. The van der Waals surface area contributed by atoms with Gasteiger partial charge in [0, 0.05) is 31.3 Å². The largest absolute Gasteiger partial charge is 0.405 e. The summed E-state index contributed by atoms with van der Waals surface area (Å²) in [6.45, 7) is 0.942. The molecule has 1 fully saturated rings. The third-order valence-corrected chi connectivity index (χ3v) is 6.86. The van der Waals surface area contributed by atoms with E-state index in [2.05, 4.69) is 0 Å². The van der Waals surface area contributed by atoms with Gasteiger partial charge < -0.3 is 19.9 Å². The van der Waals surface area contributed by atoms with Crippen LogP contribution >= 0.6 is 0 Å². The summed E-state index contributed by atoms with van der Waals surface area (Å²) in [4.78, 5) is 28.4. The van der Waals surface area contributed by atoms with E-state index in [9.17, 15) is 22.8 Å². The van der Waals surface area contributed by atoms with Crippen molar-refractivity contribution in [3.8, 4) is 0 Å². The summed E-state index contributed by atoms with van der Waals surface area (Å²) in [6.07, 6.45) is -1.62. The number of hydrogen-bond donors (Lipinski definition) is 1. The summed E-state index contributed by atoms with van der Waals surface area (Å²) in [6, 6.07) is 11.4. The monoisotopic (exact) mass is 515 g/mol. The maximum atomic E-state index is 13.2. The fourth-order valence-electron chi connectivity index (χ4n) is 5.00. The van der Waals surface area contributed by atoms with Gasteiger partial charge in [-0.1, -0.05) is 12.1 Å². The number of carbonyl (C=O) groups excluding carboxylic acids is 2. The van der Waals surface area contributed by atoms with Crippen LogP contribution in [0.1, 0.15) is 47.1 Å². The van der Waals surface area contributed by atoms with Gasteiger partial charge in [0.15, 0.2) is 6.23 Å². The molecule has 0 radical (unpaired) electrons. The second-order valence-electron chi connectivity index (χ2n) is 9.48. The molecule has 1 N–H and O–H groups in total. The predicted molar refractivity (Wildman–Crippen MR) is 132 cm³/mol. The summed E-state index contributed by atoms with van der Waals surface area (Å²) >= 11 is 0. The number of hydrogen-bond acceptors (Lipinski definition) is 5. The number of ether oxygens (including phenoxy) is 1. The number of nitrogens with zero attached hydrogens (tertiary/aromatic N) is 4. The summed E-state index contributed by atoms with van der Waals surface area (Å²) < 4.78 is 45.2. The van der Waals surface area contributed by atoms with Crippen molar-refractivity contribution in [2.24, 2.45) is 0 Å². The third kappa shape index (κ3) is 5.00. The molecule has 1 aromatic heterocycles. The van der Waals surface area contributed by atoms with Crippen molar-refractivity contribution in [2.45, 2.75) is 45.1 Å². The first-order valence-electron chi connectivity index (χ1n) is 12.2. The Hall–Kier alpha value is -3.60. The van der Waals surface area contributed by atoms with Crippen LogP contribution in [0, 0.1) is 6.92 Å². The van der Waals surface area contributed by atoms with E-state index in [1.54, 1.807) is 6.07 Å². The van der Waals surface area contributed by atoms with Crippen LogP contribution in [0.5, 0.6) is 0 Å². The number of halogens is 3. The Morgan fingerprint density at radius 1 is 1.24 bits per heavy atom. The number of aromatic nitrogens is 2. The van der Waals surface area contributed by atoms with Crippen molar-refractivity contribution in [3.63, 3.8) is 0 Å². The highest BCUT2D eigenvalue weighted by atomic mass is 19.4. The standard InChI is InChI=1S/C26H28F3N5O3/c1-16-19-10-9-18(12-21(19)34(31-16)23-8-3-4-11-37-23)32(2)20-7-5-6-17-13-33(25(36)24(17)20)14-22(35)30-15-26(27,28)29/h5-7,9-10,12,23H,3-4,8,11,13-15H2,1-2H3,(H,30,35). The minimum Gasteiger partial charge on any atom is -0.356 e. The van der Waals surface area contributed by atoms with Crippen LogP contribution in [0.15, 0.2) is 36.4 Å². The van der Waals surface area contributed by atoms with Crippen molar-refractivity contribution >= 4 is 34.1 Å². The van der Waals surface area contributed by atoms with Crippen molar-refractivity contribution in [2.75, 3.05) is 31.6 Å². The lowest BCUT2D eigenvalue weighted by Crippen LogP contribution is -2.41. The molecule has 2 amide bonds. The Morgan fingerprint density at radius 2 is 2.05 bits per heavy atom. The van der Waals surface area contributed by atoms with Gasteiger partial charge in [-0.3, -0.25) is 9.59 Å². The molecule has 2 aliphatic heterocycles. The molecule has 2 aliphatic rings. The van der Waals surface area contributed by atoms with Gasteiger partial charge in [0.2, 0.25) is 5.91 Å². The molecular formula is C26H28F3N5O3. The SMILES string of the molecule is Cc1nn(C2CCCCO2)c2cc(N(C)c3cccc4c3C(=O)N(CC(=O)NCC(F)(F)F)C4)ccc12. The van der Waals surface area contributed by atoms with Crippen LogP contribution in [0.25, 0.3) is 10.9 Å². The van der Waals surface area contributed by atoms with Gasteiger partial charge in [0.05, 0.1) is 22.5 Å². The molecule has 1 unspecified atom stereocenters. The number of alkyl halides is 3. The molecule has 3 aromatic rings. The van der Waals surface area contributed by atoms with Gasteiger partial charge in [0.25, 0.3) is 5.91 Å². The number of nitrogens with one attached hydrogen (secondary N) is 1. The Bertz CT molecular complexity index is 1350. The van der Waals surface area contributed by atoms with Gasteiger partial charge in [-0.2, -0.15) is 18.3 Å². The Labute approximate surface area is 212 Å². The molecule has 0 bridgehead atoms. The first-order chi connectivity index (χ1) is 17.6. The lowest BCUT2D eigenvalue weighted by atomic mass is 10.1. The quantitative estimate of drug-likeness (QED) is 0.525. The fourth-order valence-corrected chi connectivity index (χ4v) is 5.00. The van der Waals surface area contributed by atoms with Gasteiger partial charge in [-0.05, 0) is 56.0 Å². The van der Waals surface area contributed by atoms with Crippen molar-refractivity contribution in [3.05, 3.63) is 53.2 Å². The average Bonchev–Trinajstić information content (AvgIpc) is 3.38. The minimum absolute atomic E-state index is 0.120. The van der Waals surface area contributed by atoms with E-state index in [1.807, 2.05) is 59.2 Å². The molecule has 5 rings (SSSR count). The summed E-state index contributed by atoms with van der Waals surface area (Å²) in [5.74, 6) is -1.25. The number of amides is 2. The molecular weight excluding hydrogens is 487 g/mol. The Balaban J connectivity index is 1.41. The van der Waals surface area contributed by atoms with E-state index < -0.39 is 31.1 Å². The molecule has 0 aliphatic carbocycles. The maximum absolute atomic E-state index is 13.2. The molecule has 8 nitrogen and oxygen atoms in total. The lowest BCUT2D eigenvalue weighted by Gasteiger charge is -2.25. The number of rotatable bonds is 6. The smallest absolute Gasteiger partial charge is 0.356 e. The predicted octanol–water partition coefficient (Wildman–Crippen LogP) is 4.45. The Morgan fingerprint density at radius 3 is 2.78 bits per heavy atom. The summed E-state index contributed by atoms with van der Waals surface area (Å²) in [7, 11) is 1.85. The van der Waals surface area contributed by atoms with E-state index in [1.165, 1.54) is 4.90 Å². The maximum Gasteiger partial charge on any atom is 0.405 e. The van der Waals surface area contributed by atoms with E-state index in [0.29, 0.717) is 17.9 Å². The van der Waals surface area contributed by atoms with E-state index in [4.69, 9.17) is 9.84 Å². The number of fused-ring (bicyclic) bond motifs is 2. The van der Waals surface area contributed by atoms with Crippen LogP contribution < -0.4 is 10.2 Å². The molecule has 3 heterocycles. The average molecular weight is 516 g/mol. The van der Waals surface area contributed by atoms with Gasteiger partial charge in [0.1, 0.15) is 13.1 Å². The molecule has 1 saturated heterocycles. The number of anilines is 2. The minimum atomic E-state index is -4.51. The van der Waals surface area contributed by atoms with Crippen LogP contribution in [-0.4, -0.2) is 59.4 Å². The highest BCUT2D eigenvalue weighted by Crippen LogP contribution is 2.36. The zero-order valence-corrected chi connectivity index (χ0v) is 20.6. The first kappa shape index (κ1) is 25.1. The van der Waals surface area contributed by atoms with E-state index >= 15 is 0 Å². The number of carbonyl (C=O) groups is 2. The second kappa shape index (κ2) is 9.70. The highest BCUT2D eigenvalue weighted by molar-refractivity contribution is 6.05. The second-order valence-corrected chi connectivity index (χ2v) is 9.48. The van der Waals surface area contributed by atoms with E-state index in [0.717, 1.165) is 47.1 Å². The number of aryl methyl sites for hydroxylation is 1. The fraction of sp³-hybridized carbons (Fsp3) is 0.423. The van der Waals surface area contributed by atoms with Crippen molar-refractivity contribution in [1.29, 1.82) is 0 Å². The highest BCUT2D eigenvalue weighted by Gasteiger charge is 2.34. The zero-order chi connectivity index (χ0) is 26.3. The van der Waals surface area contributed by atoms with Crippen LogP contribution in [-0.2, 0) is 16.1 Å². The van der Waals surface area contributed by atoms with Crippen LogP contribution in [0.4, 0.5) is 24.5 Å². The normalized spacial score (nSPS) is 17.8. The van der Waals surface area contributed by atoms with Gasteiger partial charge in [-0.25, -0.2) is 4.68 Å². The Kier molecular flexibility index (Phi) is 6.57. The summed E-state index contributed by atoms with van der Waals surface area (Å²) in [5.41, 5.74) is 4.50. The first-order valence-corrected chi connectivity index (χ1v) is 12.2. The van der Waals surface area contributed by atoms with Crippen molar-refractivity contribution < 1.29 is 27.5 Å². The molecule has 1 atom stereocenters. The molecule has 11 heteroatoms.